The number of sulfonamides is 1. The van der Waals surface area contributed by atoms with Crippen LogP contribution in [-0.2, 0) is 10.0 Å². The van der Waals surface area contributed by atoms with Crippen LogP contribution in [0.15, 0.2) is 75.5 Å². The first-order chi connectivity index (χ1) is 18.1. The van der Waals surface area contributed by atoms with Crippen LogP contribution in [0.5, 0.6) is 17.4 Å². The second kappa shape index (κ2) is 10.2. The lowest BCUT2D eigenvalue weighted by molar-refractivity contribution is -0.385. The summed E-state index contributed by atoms with van der Waals surface area (Å²) in [6, 6.07) is 14.5. The van der Waals surface area contributed by atoms with Crippen molar-refractivity contribution >= 4 is 32.7 Å². The first-order valence-electron chi connectivity index (χ1n) is 11.0. The van der Waals surface area contributed by atoms with Crippen molar-refractivity contribution in [3.8, 4) is 23.1 Å². The van der Waals surface area contributed by atoms with E-state index in [0.29, 0.717) is 22.4 Å². The Kier molecular flexibility index (Phi) is 7.04. The molecule has 0 fully saturated rings. The minimum atomic E-state index is -4.29. The Bertz CT molecular complexity index is 1760. The molecule has 0 bridgehead atoms. The van der Waals surface area contributed by atoms with Crippen LogP contribution in [0, 0.1) is 17.0 Å². The van der Waals surface area contributed by atoms with Crippen LogP contribution < -0.4 is 19.9 Å². The fraction of sp³-hybridized carbons (Fsp3) is 0.120. The maximum Gasteiger partial charge on any atom is 0.276 e. The number of pyridine rings is 1. The van der Waals surface area contributed by atoms with E-state index in [1.807, 2.05) is 4.83 Å². The summed E-state index contributed by atoms with van der Waals surface area (Å²) < 4.78 is 37.0. The van der Waals surface area contributed by atoms with E-state index in [-0.39, 0.29) is 27.2 Å². The molecule has 12 nitrogen and oxygen atoms in total. The summed E-state index contributed by atoms with van der Waals surface area (Å²) in [4.78, 5) is 25.5. The zero-order valence-electron chi connectivity index (χ0n) is 20.4. The lowest BCUT2D eigenvalue weighted by Crippen LogP contribution is -2.21. The van der Waals surface area contributed by atoms with Gasteiger partial charge in [-0.25, -0.2) is 9.40 Å². The molecule has 0 saturated carbocycles. The molecule has 0 aliphatic rings. The van der Waals surface area contributed by atoms with Gasteiger partial charge in [0.25, 0.3) is 21.3 Å². The minimum absolute atomic E-state index is 0.0487. The van der Waals surface area contributed by atoms with Crippen LogP contribution in [0.25, 0.3) is 16.5 Å². The largest absolute Gasteiger partial charge is 0.494 e. The molecule has 1 heterocycles. The highest BCUT2D eigenvalue weighted by molar-refractivity contribution is 7.89. The third kappa shape index (κ3) is 4.74. The van der Waals surface area contributed by atoms with Gasteiger partial charge in [0.05, 0.1) is 41.5 Å². The van der Waals surface area contributed by atoms with Gasteiger partial charge in [-0.3, -0.25) is 14.9 Å². The molecule has 4 aromatic rings. The quantitative estimate of drug-likeness (QED) is 0.196. The number of hydrogen-bond acceptors (Lipinski definition) is 9. The van der Waals surface area contributed by atoms with Crippen molar-refractivity contribution in [3.05, 3.63) is 92.3 Å². The third-order valence-corrected chi connectivity index (χ3v) is 7.00. The van der Waals surface area contributed by atoms with E-state index in [1.54, 1.807) is 36.4 Å². The monoisotopic (exact) mass is 538 g/mol. The zero-order chi connectivity index (χ0) is 27.6. The number of aromatic hydroxyl groups is 1. The highest BCUT2D eigenvalue weighted by Crippen LogP contribution is 2.32. The summed E-state index contributed by atoms with van der Waals surface area (Å²) in [7, 11) is -1.40. The lowest BCUT2D eigenvalue weighted by Gasteiger charge is -2.15. The molecule has 0 aliphatic carbocycles. The Hall–Kier alpha value is -4.91. The van der Waals surface area contributed by atoms with E-state index in [4.69, 9.17) is 9.47 Å². The van der Waals surface area contributed by atoms with E-state index < -0.39 is 26.4 Å². The lowest BCUT2D eigenvalue weighted by atomic mass is 10.1. The summed E-state index contributed by atoms with van der Waals surface area (Å²) in [5.74, 6) is 0.228. The number of benzene rings is 3. The predicted octanol–water partition coefficient (Wildman–Crippen LogP) is 3.24. The van der Waals surface area contributed by atoms with Gasteiger partial charge in [-0.2, -0.15) is 13.5 Å². The standard InChI is InChI=1S/C25H22N4O8S/c1-15-8-10-17(13-21(15)29(32)33)38(34,35)27-26-14-20-18-6-4-5-7-19(18)24(30)28(25(20)31)16-9-11-22(36-2)23(12-16)37-3/h4-14,27,31H,1-3H3/b26-14+. The summed E-state index contributed by atoms with van der Waals surface area (Å²) in [6.07, 6.45) is 1.05. The smallest absolute Gasteiger partial charge is 0.276 e. The maximum atomic E-state index is 13.3. The molecular weight excluding hydrogens is 516 g/mol. The van der Waals surface area contributed by atoms with E-state index in [1.165, 1.54) is 39.3 Å². The van der Waals surface area contributed by atoms with Crippen LogP contribution in [0.2, 0.25) is 0 Å². The maximum absolute atomic E-state index is 13.3. The number of aryl methyl sites for hydroxylation is 1. The summed E-state index contributed by atoms with van der Waals surface area (Å²) in [6.45, 7) is 1.49. The second-order valence-electron chi connectivity index (χ2n) is 8.02. The van der Waals surface area contributed by atoms with Crippen molar-refractivity contribution in [1.82, 2.24) is 9.40 Å². The topological polar surface area (TPSA) is 162 Å². The van der Waals surface area contributed by atoms with Gasteiger partial charge < -0.3 is 14.6 Å². The summed E-state index contributed by atoms with van der Waals surface area (Å²) in [5, 5.41) is 26.7. The first kappa shape index (κ1) is 26.2. The Labute approximate surface area is 216 Å². The fourth-order valence-corrected chi connectivity index (χ4v) is 4.67. The molecule has 196 valence electrons. The van der Waals surface area contributed by atoms with Crippen LogP contribution in [0.3, 0.4) is 0 Å². The fourth-order valence-electron chi connectivity index (χ4n) is 3.86. The van der Waals surface area contributed by atoms with E-state index in [0.717, 1.165) is 16.8 Å². The van der Waals surface area contributed by atoms with Crippen LogP contribution in [0.1, 0.15) is 11.1 Å². The number of hydrogen-bond donors (Lipinski definition) is 2. The SMILES string of the molecule is COc1ccc(-n2c(O)c(/C=N/NS(=O)(=O)c3ccc(C)c([N+](=O)[O-])c3)c3ccccc3c2=O)cc1OC. The van der Waals surface area contributed by atoms with Gasteiger partial charge in [-0.15, -0.1) is 0 Å². The number of ether oxygens (including phenoxy) is 2. The molecule has 4 rings (SSSR count). The number of methoxy groups -OCH3 is 2. The normalized spacial score (nSPS) is 11.6. The molecule has 0 amide bonds. The molecule has 0 aliphatic heterocycles. The van der Waals surface area contributed by atoms with Crippen molar-refractivity contribution in [3.63, 3.8) is 0 Å². The van der Waals surface area contributed by atoms with E-state index in [9.17, 15) is 28.4 Å². The molecule has 1 aromatic heterocycles. The molecular formula is C25H22N4O8S. The number of nitro benzene ring substituents is 1. The van der Waals surface area contributed by atoms with Crippen LogP contribution in [0.4, 0.5) is 5.69 Å². The number of nitro groups is 1. The number of nitrogens with zero attached hydrogens (tertiary/aromatic N) is 3. The van der Waals surface area contributed by atoms with Gasteiger partial charge in [0.1, 0.15) is 0 Å². The molecule has 0 radical (unpaired) electrons. The van der Waals surface area contributed by atoms with Crippen molar-refractivity contribution < 1.29 is 27.9 Å². The molecule has 38 heavy (non-hydrogen) atoms. The van der Waals surface area contributed by atoms with E-state index in [2.05, 4.69) is 5.10 Å². The summed E-state index contributed by atoms with van der Waals surface area (Å²) >= 11 is 0. The van der Waals surface area contributed by atoms with Gasteiger partial charge in [-0.1, -0.05) is 24.3 Å². The van der Waals surface area contributed by atoms with E-state index >= 15 is 0 Å². The molecule has 0 saturated heterocycles. The summed E-state index contributed by atoms with van der Waals surface area (Å²) in [5.41, 5.74) is -0.283. The van der Waals surface area contributed by atoms with Crippen molar-refractivity contribution in [1.29, 1.82) is 0 Å². The Morgan fingerprint density at radius 2 is 1.71 bits per heavy atom. The molecule has 0 atom stereocenters. The van der Waals surface area contributed by atoms with Crippen LogP contribution in [-0.4, -0.2) is 43.4 Å². The number of rotatable bonds is 8. The zero-order valence-corrected chi connectivity index (χ0v) is 21.2. The van der Waals surface area contributed by atoms with Gasteiger partial charge in [0.2, 0.25) is 5.88 Å². The van der Waals surface area contributed by atoms with Crippen molar-refractivity contribution in [2.75, 3.05) is 14.2 Å². The predicted molar refractivity (Wildman–Crippen MR) is 140 cm³/mol. The van der Waals surface area contributed by atoms with Crippen molar-refractivity contribution in [2.24, 2.45) is 5.10 Å². The highest BCUT2D eigenvalue weighted by atomic mass is 32.2. The number of aromatic nitrogens is 1. The van der Waals surface area contributed by atoms with Gasteiger partial charge >= 0.3 is 0 Å². The van der Waals surface area contributed by atoms with Gasteiger partial charge in [-0.05, 0) is 31.2 Å². The molecule has 2 N–H and O–H groups in total. The highest BCUT2D eigenvalue weighted by Gasteiger charge is 2.21. The molecule has 0 unspecified atom stereocenters. The Morgan fingerprint density at radius 1 is 1.03 bits per heavy atom. The Morgan fingerprint density at radius 3 is 2.37 bits per heavy atom. The third-order valence-electron chi connectivity index (χ3n) is 5.78. The number of nitrogens with one attached hydrogen (secondary N) is 1. The average Bonchev–Trinajstić information content (AvgIpc) is 2.90. The van der Waals surface area contributed by atoms with Gasteiger partial charge in [0.15, 0.2) is 11.5 Å². The average molecular weight is 539 g/mol. The van der Waals surface area contributed by atoms with Crippen LogP contribution >= 0.6 is 0 Å². The molecule has 3 aromatic carbocycles. The number of fused-ring (bicyclic) bond motifs is 1. The first-order valence-corrected chi connectivity index (χ1v) is 12.5. The minimum Gasteiger partial charge on any atom is -0.494 e. The second-order valence-corrected chi connectivity index (χ2v) is 9.68. The van der Waals surface area contributed by atoms with Crippen molar-refractivity contribution in [2.45, 2.75) is 11.8 Å². The Balaban J connectivity index is 1.81. The van der Waals surface area contributed by atoms with Gasteiger partial charge in [0, 0.05) is 28.5 Å². The number of hydrazone groups is 1. The molecule has 0 spiro atoms. The molecule has 13 heteroatoms.